The summed E-state index contributed by atoms with van der Waals surface area (Å²) in [5, 5.41) is 10.7. The van der Waals surface area contributed by atoms with Crippen LogP contribution in [0.15, 0.2) is 55.0 Å². The van der Waals surface area contributed by atoms with Crippen LogP contribution in [0.25, 0.3) is 11.4 Å². The zero-order valence-electron chi connectivity index (χ0n) is 11.4. The third-order valence-electron chi connectivity index (χ3n) is 2.99. The number of nitrogens with zero attached hydrogens (tertiary/aromatic N) is 4. The smallest absolute Gasteiger partial charge is 0.274 e. The minimum atomic E-state index is -0.245. The molecule has 0 bridgehead atoms. The van der Waals surface area contributed by atoms with E-state index in [0.29, 0.717) is 11.4 Å². The average Bonchev–Trinajstić information content (AvgIpc) is 2.94. The van der Waals surface area contributed by atoms with E-state index in [0.717, 1.165) is 11.4 Å². The number of pyridine rings is 1. The van der Waals surface area contributed by atoms with Crippen LogP contribution >= 0.6 is 0 Å². The van der Waals surface area contributed by atoms with Crippen LogP contribution in [-0.4, -0.2) is 25.7 Å². The highest BCUT2D eigenvalue weighted by atomic mass is 16.1. The molecule has 1 amide bonds. The number of nitrogens with one attached hydrogen (secondary N) is 1. The van der Waals surface area contributed by atoms with Crippen molar-refractivity contribution in [1.29, 1.82) is 0 Å². The number of aryl methyl sites for hydroxylation is 1. The summed E-state index contributed by atoms with van der Waals surface area (Å²) in [4.78, 5) is 16.1. The van der Waals surface area contributed by atoms with Gasteiger partial charge >= 0.3 is 0 Å². The van der Waals surface area contributed by atoms with Crippen LogP contribution in [0, 0.1) is 0 Å². The predicted octanol–water partition coefficient (Wildman–Crippen LogP) is 2.13. The minimum Gasteiger partial charge on any atom is -0.321 e. The van der Waals surface area contributed by atoms with E-state index in [-0.39, 0.29) is 5.91 Å². The van der Waals surface area contributed by atoms with E-state index < -0.39 is 0 Å². The Kier molecular flexibility index (Phi) is 3.42. The summed E-state index contributed by atoms with van der Waals surface area (Å²) in [6, 6.07) is 12.7. The summed E-state index contributed by atoms with van der Waals surface area (Å²) in [6.07, 6.45) is 3.22. The van der Waals surface area contributed by atoms with Crippen LogP contribution < -0.4 is 5.32 Å². The molecule has 0 aliphatic rings. The first-order chi connectivity index (χ1) is 10.2. The van der Waals surface area contributed by atoms with Gasteiger partial charge in [0, 0.05) is 24.5 Å². The number of amides is 1. The lowest BCUT2D eigenvalue weighted by molar-refractivity contribution is 0.102. The molecule has 0 radical (unpaired) electrons. The van der Waals surface area contributed by atoms with E-state index in [2.05, 4.69) is 20.5 Å². The monoisotopic (exact) mass is 279 g/mol. The van der Waals surface area contributed by atoms with Gasteiger partial charge in [0.15, 0.2) is 5.82 Å². The molecule has 2 heterocycles. The Bertz CT molecular complexity index is 766. The first kappa shape index (κ1) is 13.0. The molecule has 0 unspecified atom stereocenters. The normalized spacial score (nSPS) is 10.3. The van der Waals surface area contributed by atoms with Crippen molar-refractivity contribution < 1.29 is 4.79 Å². The molecule has 0 aliphatic carbocycles. The van der Waals surface area contributed by atoms with Gasteiger partial charge in [-0.3, -0.25) is 9.78 Å². The second-order valence-corrected chi connectivity index (χ2v) is 4.52. The zero-order valence-corrected chi connectivity index (χ0v) is 11.4. The summed E-state index contributed by atoms with van der Waals surface area (Å²) >= 11 is 0. The molecule has 104 valence electrons. The minimum absolute atomic E-state index is 0.245. The van der Waals surface area contributed by atoms with Crippen molar-refractivity contribution in [3.8, 4) is 11.4 Å². The van der Waals surface area contributed by atoms with Gasteiger partial charge < -0.3 is 9.88 Å². The summed E-state index contributed by atoms with van der Waals surface area (Å²) in [6.45, 7) is 0. The van der Waals surface area contributed by atoms with Crippen molar-refractivity contribution in [2.45, 2.75) is 0 Å². The van der Waals surface area contributed by atoms with Crippen LogP contribution in [-0.2, 0) is 7.05 Å². The van der Waals surface area contributed by atoms with Crippen molar-refractivity contribution in [2.75, 3.05) is 5.32 Å². The van der Waals surface area contributed by atoms with Crippen LogP contribution in [0.2, 0.25) is 0 Å². The molecule has 6 nitrogen and oxygen atoms in total. The number of hydrogen-bond acceptors (Lipinski definition) is 4. The van der Waals surface area contributed by atoms with Gasteiger partial charge in [0.05, 0.1) is 0 Å². The number of carbonyl (C=O) groups is 1. The lowest BCUT2D eigenvalue weighted by atomic mass is 10.2. The molecule has 0 saturated carbocycles. The second kappa shape index (κ2) is 5.54. The summed E-state index contributed by atoms with van der Waals surface area (Å²) in [5.74, 6) is 0.495. The van der Waals surface area contributed by atoms with Crippen molar-refractivity contribution in [3.05, 3.63) is 60.7 Å². The van der Waals surface area contributed by atoms with Crippen LogP contribution in [0.5, 0.6) is 0 Å². The fourth-order valence-corrected chi connectivity index (χ4v) is 1.97. The van der Waals surface area contributed by atoms with Crippen molar-refractivity contribution >= 4 is 11.6 Å². The highest BCUT2D eigenvalue weighted by Crippen LogP contribution is 2.20. The maximum absolute atomic E-state index is 12.1. The van der Waals surface area contributed by atoms with Gasteiger partial charge in [0.1, 0.15) is 12.0 Å². The summed E-state index contributed by atoms with van der Waals surface area (Å²) in [5.41, 5.74) is 1.95. The maximum atomic E-state index is 12.1. The summed E-state index contributed by atoms with van der Waals surface area (Å²) in [7, 11) is 1.87. The van der Waals surface area contributed by atoms with Gasteiger partial charge in [-0.15, -0.1) is 10.2 Å². The molecular weight excluding hydrogens is 266 g/mol. The van der Waals surface area contributed by atoms with Gasteiger partial charge in [-0.1, -0.05) is 18.2 Å². The lowest BCUT2D eigenvalue weighted by Gasteiger charge is -2.06. The maximum Gasteiger partial charge on any atom is 0.274 e. The molecule has 3 rings (SSSR count). The fourth-order valence-electron chi connectivity index (χ4n) is 1.97. The van der Waals surface area contributed by atoms with Crippen molar-refractivity contribution in [1.82, 2.24) is 19.7 Å². The molecule has 1 aromatic carbocycles. The van der Waals surface area contributed by atoms with Crippen LogP contribution in [0.1, 0.15) is 10.5 Å². The molecule has 0 aliphatic heterocycles. The van der Waals surface area contributed by atoms with Crippen molar-refractivity contribution in [3.63, 3.8) is 0 Å². The van der Waals surface area contributed by atoms with Gasteiger partial charge in [0.25, 0.3) is 5.91 Å². The van der Waals surface area contributed by atoms with Gasteiger partial charge in [0.2, 0.25) is 0 Å². The molecule has 6 heteroatoms. The number of anilines is 1. The topological polar surface area (TPSA) is 72.7 Å². The Morgan fingerprint density at radius 3 is 2.81 bits per heavy atom. The first-order valence-electron chi connectivity index (χ1n) is 6.41. The highest BCUT2D eigenvalue weighted by molar-refractivity contribution is 6.03. The molecular formula is C15H13N5O. The van der Waals surface area contributed by atoms with E-state index in [1.807, 2.05) is 35.9 Å². The van der Waals surface area contributed by atoms with Crippen molar-refractivity contribution in [2.24, 2.45) is 7.05 Å². The zero-order chi connectivity index (χ0) is 14.7. The Labute approximate surface area is 121 Å². The fraction of sp³-hybridized carbons (Fsp3) is 0.0667. The second-order valence-electron chi connectivity index (χ2n) is 4.52. The van der Waals surface area contributed by atoms with E-state index in [9.17, 15) is 4.79 Å². The standard InChI is InChI=1S/C15H13N5O/c1-20-10-17-19-14(20)11-5-4-6-12(9-11)18-15(21)13-7-2-3-8-16-13/h2-10H,1H3,(H,18,21). The Hall–Kier alpha value is -3.02. The van der Waals surface area contributed by atoms with Crippen LogP contribution in [0.3, 0.4) is 0 Å². The van der Waals surface area contributed by atoms with Gasteiger partial charge in [-0.25, -0.2) is 0 Å². The third kappa shape index (κ3) is 2.79. The largest absolute Gasteiger partial charge is 0.321 e. The van der Waals surface area contributed by atoms with Gasteiger partial charge in [-0.05, 0) is 24.3 Å². The van der Waals surface area contributed by atoms with E-state index in [4.69, 9.17) is 0 Å². The number of benzene rings is 1. The lowest BCUT2D eigenvalue weighted by Crippen LogP contribution is -2.13. The highest BCUT2D eigenvalue weighted by Gasteiger charge is 2.09. The molecule has 21 heavy (non-hydrogen) atoms. The van der Waals surface area contributed by atoms with Gasteiger partial charge in [-0.2, -0.15) is 0 Å². The number of carbonyl (C=O) groups excluding carboxylic acids is 1. The number of hydrogen-bond donors (Lipinski definition) is 1. The van der Waals surface area contributed by atoms with E-state index in [1.54, 1.807) is 30.7 Å². The molecule has 1 N–H and O–H groups in total. The number of aromatic nitrogens is 4. The molecule has 0 atom stereocenters. The average molecular weight is 279 g/mol. The Morgan fingerprint density at radius 2 is 2.10 bits per heavy atom. The SMILES string of the molecule is Cn1cnnc1-c1cccc(NC(=O)c2ccccn2)c1. The van der Waals surface area contributed by atoms with E-state index in [1.165, 1.54) is 0 Å². The third-order valence-corrected chi connectivity index (χ3v) is 2.99. The molecule has 0 fully saturated rings. The Balaban J connectivity index is 1.84. The summed E-state index contributed by atoms with van der Waals surface area (Å²) < 4.78 is 1.82. The quantitative estimate of drug-likeness (QED) is 0.797. The molecule has 0 saturated heterocycles. The molecule has 3 aromatic rings. The number of rotatable bonds is 3. The van der Waals surface area contributed by atoms with E-state index >= 15 is 0 Å². The predicted molar refractivity (Wildman–Crippen MR) is 78.6 cm³/mol. The van der Waals surface area contributed by atoms with Crippen LogP contribution in [0.4, 0.5) is 5.69 Å². The first-order valence-corrected chi connectivity index (χ1v) is 6.41. The molecule has 2 aromatic heterocycles. The Morgan fingerprint density at radius 1 is 1.19 bits per heavy atom. The molecule has 0 spiro atoms.